The van der Waals surface area contributed by atoms with E-state index in [-0.39, 0.29) is 0 Å². The van der Waals surface area contributed by atoms with Gasteiger partial charge in [-0.1, -0.05) is 22.0 Å². The Labute approximate surface area is 139 Å². The van der Waals surface area contributed by atoms with Crippen LogP contribution in [0.3, 0.4) is 0 Å². The van der Waals surface area contributed by atoms with E-state index in [1.54, 1.807) is 0 Å². The Balaban J connectivity index is 2.21. The molecule has 1 aromatic rings. The van der Waals surface area contributed by atoms with E-state index in [1.807, 2.05) is 45.0 Å². The van der Waals surface area contributed by atoms with Crippen LogP contribution in [0.4, 0.5) is 10.5 Å². The summed E-state index contributed by atoms with van der Waals surface area (Å²) in [6.45, 7) is 6.40. The van der Waals surface area contributed by atoms with Crippen LogP contribution < -0.4 is 16.0 Å². The number of halogens is 1. The number of thiocarbonyl (C=S) groups is 1. The molecule has 0 aliphatic carbocycles. The molecule has 0 atom stereocenters. The highest BCUT2D eigenvalue weighted by Crippen LogP contribution is 2.15. The molecule has 0 aliphatic rings. The summed E-state index contributed by atoms with van der Waals surface area (Å²) in [5.41, 5.74) is 0.400. The van der Waals surface area contributed by atoms with E-state index >= 15 is 0 Å². The molecule has 21 heavy (non-hydrogen) atoms. The molecule has 3 N–H and O–H groups in total. The normalized spacial score (nSPS) is 10.7. The van der Waals surface area contributed by atoms with Crippen molar-refractivity contribution >= 4 is 45.0 Å². The lowest BCUT2D eigenvalue weighted by molar-refractivity contribution is 0.0529. The number of amides is 1. The number of alkyl carbamates (subject to hydrolysis) is 1. The predicted octanol–water partition coefficient (Wildman–Crippen LogP) is 3.26. The Morgan fingerprint density at radius 1 is 1.29 bits per heavy atom. The minimum atomic E-state index is -0.491. The maximum atomic E-state index is 11.4. The van der Waals surface area contributed by atoms with Crippen molar-refractivity contribution in [1.82, 2.24) is 10.6 Å². The summed E-state index contributed by atoms with van der Waals surface area (Å²) in [7, 11) is 0. The van der Waals surface area contributed by atoms with Gasteiger partial charge in [0, 0.05) is 23.2 Å². The molecule has 0 spiro atoms. The molecule has 1 rings (SSSR count). The second-order valence-electron chi connectivity index (χ2n) is 5.32. The zero-order chi connectivity index (χ0) is 15.9. The zero-order valence-corrected chi connectivity index (χ0v) is 14.7. The van der Waals surface area contributed by atoms with Gasteiger partial charge >= 0.3 is 6.09 Å². The van der Waals surface area contributed by atoms with E-state index in [0.29, 0.717) is 18.2 Å². The van der Waals surface area contributed by atoms with E-state index in [0.717, 1.165) is 10.2 Å². The maximum Gasteiger partial charge on any atom is 0.407 e. The van der Waals surface area contributed by atoms with E-state index in [1.165, 1.54) is 0 Å². The Morgan fingerprint density at radius 3 is 2.57 bits per heavy atom. The molecule has 0 unspecified atom stereocenters. The SMILES string of the molecule is CC(C)(C)OC(=O)NCCNC(=S)Nc1cccc(Br)c1. The fourth-order valence-corrected chi connectivity index (χ4v) is 2.02. The number of ether oxygens (including phenoxy) is 1. The van der Waals surface area contributed by atoms with Crippen molar-refractivity contribution in [2.24, 2.45) is 0 Å². The first kappa shape index (κ1) is 17.7. The van der Waals surface area contributed by atoms with E-state index in [2.05, 4.69) is 31.9 Å². The fraction of sp³-hybridized carbons (Fsp3) is 0.429. The molecule has 5 nitrogen and oxygen atoms in total. The van der Waals surface area contributed by atoms with Gasteiger partial charge in [-0.3, -0.25) is 0 Å². The van der Waals surface area contributed by atoms with Crippen molar-refractivity contribution in [3.8, 4) is 0 Å². The summed E-state index contributed by atoms with van der Waals surface area (Å²) in [5, 5.41) is 9.21. The zero-order valence-electron chi connectivity index (χ0n) is 12.3. The van der Waals surface area contributed by atoms with Gasteiger partial charge in [-0.15, -0.1) is 0 Å². The molecule has 0 saturated heterocycles. The van der Waals surface area contributed by atoms with Gasteiger partial charge in [0.15, 0.2) is 5.11 Å². The molecule has 0 fully saturated rings. The van der Waals surface area contributed by atoms with Crippen molar-refractivity contribution in [2.75, 3.05) is 18.4 Å². The number of carbonyl (C=O) groups excluding carboxylic acids is 1. The third kappa shape index (κ3) is 8.52. The highest BCUT2D eigenvalue weighted by atomic mass is 79.9. The third-order valence-electron chi connectivity index (χ3n) is 2.16. The van der Waals surface area contributed by atoms with Gasteiger partial charge in [0.1, 0.15) is 5.60 Å². The van der Waals surface area contributed by atoms with Crippen molar-refractivity contribution in [1.29, 1.82) is 0 Å². The lowest BCUT2D eigenvalue weighted by Gasteiger charge is -2.19. The molecule has 0 radical (unpaired) electrons. The van der Waals surface area contributed by atoms with Crippen molar-refractivity contribution in [2.45, 2.75) is 26.4 Å². The summed E-state index contributed by atoms with van der Waals surface area (Å²) >= 11 is 8.56. The monoisotopic (exact) mass is 373 g/mol. The van der Waals surface area contributed by atoms with Gasteiger partial charge in [0.25, 0.3) is 0 Å². The maximum absolute atomic E-state index is 11.4. The largest absolute Gasteiger partial charge is 0.444 e. The highest BCUT2D eigenvalue weighted by molar-refractivity contribution is 9.10. The number of nitrogens with one attached hydrogen (secondary N) is 3. The molecule has 0 bridgehead atoms. The summed E-state index contributed by atoms with van der Waals surface area (Å²) in [4.78, 5) is 11.4. The smallest absolute Gasteiger partial charge is 0.407 e. The number of hydrogen-bond donors (Lipinski definition) is 3. The summed E-state index contributed by atoms with van der Waals surface area (Å²) in [6, 6.07) is 7.69. The van der Waals surface area contributed by atoms with E-state index < -0.39 is 11.7 Å². The Morgan fingerprint density at radius 2 is 1.95 bits per heavy atom. The van der Waals surface area contributed by atoms with Gasteiger partial charge in [-0.2, -0.15) is 0 Å². The average Bonchev–Trinajstić information content (AvgIpc) is 2.32. The highest BCUT2D eigenvalue weighted by Gasteiger charge is 2.15. The topological polar surface area (TPSA) is 62.4 Å². The summed E-state index contributed by atoms with van der Waals surface area (Å²) in [6.07, 6.45) is -0.435. The van der Waals surface area contributed by atoms with Crippen LogP contribution in [0.15, 0.2) is 28.7 Å². The number of rotatable bonds is 4. The Bertz CT molecular complexity index is 503. The van der Waals surface area contributed by atoms with Gasteiger partial charge in [-0.25, -0.2) is 4.79 Å². The van der Waals surface area contributed by atoms with Gasteiger partial charge in [0.05, 0.1) is 0 Å². The van der Waals surface area contributed by atoms with Crippen molar-refractivity contribution < 1.29 is 9.53 Å². The van der Waals surface area contributed by atoms with Crippen LogP contribution in [0.5, 0.6) is 0 Å². The second-order valence-corrected chi connectivity index (χ2v) is 6.64. The molecule has 0 heterocycles. The van der Waals surface area contributed by atoms with Crippen LogP contribution >= 0.6 is 28.1 Å². The fourth-order valence-electron chi connectivity index (χ4n) is 1.40. The quantitative estimate of drug-likeness (QED) is 0.558. The molecule has 0 aliphatic heterocycles. The third-order valence-corrected chi connectivity index (χ3v) is 2.90. The molecular formula is C14H20BrN3O2S. The first-order valence-electron chi connectivity index (χ1n) is 6.53. The second kappa shape index (κ2) is 8.19. The van der Waals surface area contributed by atoms with Crippen LogP contribution in [-0.2, 0) is 4.74 Å². The molecule has 1 aromatic carbocycles. The average molecular weight is 374 g/mol. The number of hydrogen-bond acceptors (Lipinski definition) is 3. The van der Waals surface area contributed by atoms with Crippen LogP contribution in [-0.4, -0.2) is 29.9 Å². The van der Waals surface area contributed by atoms with Crippen LogP contribution in [0.1, 0.15) is 20.8 Å². The molecule has 0 aromatic heterocycles. The lowest BCUT2D eigenvalue weighted by Crippen LogP contribution is -2.39. The first-order valence-corrected chi connectivity index (χ1v) is 7.74. The van der Waals surface area contributed by atoms with Crippen LogP contribution in [0.25, 0.3) is 0 Å². The number of carbonyl (C=O) groups is 1. The summed E-state index contributed by atoms with van der Waals surface area (Å²) < 4.78 is 6.10. The van der Waals surface area contributed by atoms with E-state index in [4.69, 9.17) is 17.0 Å². The summed E-state index contributed by atoms with van der Waals surface area (Å²) in [5.74, 6) is 0. The van der Waals surface area contributed by atoms with Gasteiger partial charge in [0.2, 0.25) is 0 Å². The predicted molar refractivity (Wildman–Crippen MR) is 92.6 cm³/mol. The van der Waals surface area contributed by atoms with Crippen LogP contribution in [0, 0.1) is 0 Å². The van der Waals surface area contributed by atoms with Crippen molar-refractivity contribution in [3.05, 3.63) is 28.7 Å². The molecule has 1 amide bonds. The molecule has 116 valence electrons. The van der Waals surface area contributed by atoms with Crippen molar-refractivity contribution in [3.63, 3.8) is 0 Å². The number of benzene rings is 1. The lowest BCUT2D eigenvalue weighted by atomic mass is 10.2. The molecular weight excluding hydrogens is 354 g/mol. The Kier molecular flexibility index (Phi) is 6.91. The number of anilines is 1. The Hall–Kier alpha value is -1.34. The van der Waals surface area contributed by atoms with Crippen LogP contribution in [0.2, 0.25) is 0 Å². The first-order chi connectivity index (χ1) is 9.76. The molecule has 0 saturated carbocycles. The molecule has 7 heteroatoms. The van der Waals surface area contributed by atoms with Gasteiger partial charge in [-0.05, 0) is 51.2 Å². The van der Waals surface area contributed by atoms with Gasteiger partial charge < -0.3 is 20.7 Å². The minimum Gasteiger partial charge on any atom is -0.444 e. The van der Waals surface area contributed by atoms with E-state index in [9.17, 15) is 4.79 Å². The minimum absolute atomic E-state index is 0.426. The standard InChI is InChI=1S/C14H20BrN3O2S/c1-14(2,3)20-13(19)17-8-7-16-12(21)18-11-6-4-5-10(15)9-11/h4-6,9H,7-8H2,1-3H3,(H,17,19)(H2,16,18,21).